The summed E-state index contributed by atoms with van der Waals surface area (Å²) in [4.78, 5) is 13.2. The maximum atomic E-state index is 11.9. The van der Waals surface area contributed by atoms with Crippen molar-refractivity contribution in [2.75, 3.05) is 6.61 Å². The second kappa shape index (κ2) is 6.21. The largest absolute Gasteiger partial charge is 0.462 e. The van der Waals surface area contributed by atoms with Crippen LogP contribution in [0.1, 0.15) is 27.7 Å². The predicted molar refractivity (Wildman–Crippen MR) is 82.9 cm³/mol. The number of esters is 1. The number of ether oxygens (including phenoxy) is 1. The zero-order valence-electron chi connectivity index (χ0n) is 11.1. The highest BCUT2D eigenvalue weighted by Crippen LogP contribution is 2.36. The molecule has 1 aromatic carbocycles. The van der Waals surface area contributed by atoms with Crippen LogP contribution in [0.4, 0.5) is 0 Å². The number of hydrogen-bond acceptors (Lipinski definition) is 4. The molecule has 102 valence electrons. The first-order chi connectivity index (χ1) is 9.58. The molecule has 0 unspecified atom stereocenters. The molecule has 0 aliphatic heterocycles. The van der Waals surface area contributed by atoms with Gasteiger partial charge in [0.15, 0.2) is 0 Å². The molecule has 0 N–H and O–H groups in total. The summed E-state index contributed by atoms with van der Waals surface area (Å²) in [6.07, 6.45) is 0. The molecule has 0 aliphatic rings. The molecule has 5 heteroatoms. The van der Waals surface area contributed by atoms with Crippen molar-refractivity contribution in [3.63, 3.8) is 0 Å². The van der Waals surface area contributed by atoms with E-state index < -0.39 is 0 Å². The molecule has 0 saturated carbocycles. The van der Waals surface area contributed by atoms with Gasteiger partial charge in [-0.2, -0.15) is 5.26 Å². The van der Waals surface area contributed by atoms with E-state index in [9.17, 15) is 10.1 Å². The van der Waals surface area contributed by atoms with Gasteiger partial charge in [0.05, 0.1) is 17.0 Å². The fourth-order valence-electron chi connectivity index (χ4n) is 1.84. The zero-order valence-corrected chi connectivity index (χ0v) is 13.5. The molecule has 1 aromatic heterocycles. The number of carbonyl (C=O) groups is 1. The van der Waals surface area contributed by atoms with E-state index in [1.54, 1.807) is 13.8 Å². The minimum absolute atomic E-state index is 0.325. The van der Waals surface area contributed by atoms with Gasteiger partial charge in [-0.1, -0.05) is 28.1 Å². The first-order valence-corrected chi connectivity index (χ1v) is 7.66. The quantitative estimate of drug-likeness (QED) is 0.764. The lowest BCUT2D eigenvalue weighted by Crippen LogP contribution is -2.03. The van der Waals surface area contributed by atoms with Crippen LogP contribution in [0.15, 0.2) is 28.7 Å². The molecule has 1 heterocycles. The summed E-state index contributed by atoms with van der Waals surface area (Å²) in [5, 5.41) is 9.34. The minimum Gasteiger partial charge on any atom is -0.462 e. The third-order valence-electron chi connectivity index (χ3n) is 2.83. The number of benzene rings is 1. The van der Waals surface area contributed by atoms with Crippen LogP contribution in [0, 0.1) is 18.3 Å². The van der Waals surface area contributed by atoms with Crippen molar-refractivity contribution in [1.29, 1.82) is 5.26 Å². The average molecular weight is 350 g/mol. The van der Waals surface area contributed by atoms with E-state index in [2.05, 4.69) is 22.0 Å². The Morgan fingerprint density at radius 2 is 2.05 bits per heavy atom. The van der Waals surface area contributed by atoms with Gasteiger partial charge >= 0.3 is 5.97 Å². The van der Waals surface area contributed by atoms with Gasteiger partial charge in [-0.3, -0.25) is 0 Å². The smallest absolute Gasteiger partial charge is 0.348 e. The zero-order chi connectivity index (χ0) is 14.7. The fraction of sp³-hybridized carbons (Fsp3) is 0.200. The van der Waals surface area contributed by atoms with Crippen LogP contribution in [0.2, 0.25) is 0 Å². The Balaban J connectivity index is 2.54. The van der Waals surface area contributed by atoms with Crippen molar-refractivity contribution in [3.05, 3.63) is 44.7 Å². The topological polar surface area (TPSA) is 50.1 Å². The summed E-state index contributed by atoms with van der Waals surface area (Å²) in [6.45, 7) is 3.87. The van der Waals surface area contributed by atoms with E-state index in [-0.39, 0.29) is 5.97 Å². The lowest BCUT2D eigenvalue weighted by molar-refractivity contribution is 0.0531. The molecule has 0 amide bonds. The molecule has 0 bridgehead atoms. The molecule has 2 aromatic rings. The van der Waals surface area contributed by atoms with Crippen molar-refractivity contribution in [2.45, 2.75) is 13.8 Å². The van der Waals surface area contributed by atoms with Crippen LogP contribution < -0.4 is 0 Å². The molecular weight excluding hydrogens is 338 g/mol. The normalized spacial score (nSPS) is 10.1. The molecule has 0 fully saturated rings. The summed E-state index contributed by atoms with van der Waals surface area (Å²) in [6, 6.07) is 9.85. The van der Waals surface area contributed by atoms with Crippen molar-refractivity contribution in [2.24, 2.45) is 0 Å². The summed E-state index contributed by atoms with van der Waals surface area (Å²) in [7, 11) is 0. The maximum Gasteiger partial charge on any atom is 0.348 e. The highest BCUT2D eigenvalue weighted by Gasteiger charge is 2.21. The van der Waals surface area contributed by atoms with Crippen LogP contribution in [-0.2, 0) is 4.74 Å². The number of rotatable bonds is 3. The van der Waals surface area contributed by atoms with Gasteiger partial charge in [0, 0.05) is 4.47 Å². The number of hydrogen-bond donors (Lipinski definition) is 0. The molecule has 0 atom stereocenters. The second-order valence-electron chi connectivity index (χ2n) is 4.10. The lowest BCUT2D eigenvalue weighted by Gasteiger charge is -1.99. The van der Waals surface area contributed by atoms with E-state index in [0.29, 0.717) is 22.6 Å². The Hall–Kier alpha value is -1.64. The standard InChI is InChI=1S/C15H12BrNO2S/c1-3-19-15(18)13-9(2)12(8-17)14(20-13)10-4-6-11(16)7-5-10/h4-7H,3H2,1-2H3. The first kappa shape index (κ1) is 14.8. The number of nitriles is 1. The van der Waals surface area contributed by atoms with Gasteiger partial charge < -0.3 is 4.74 Å². The predicted octanol–water partition coefficient (Wildman–Crippen LogP) is 4.53. The van der Waals surface area contributed by atoms with E-state index in [1.165, 1.54) is 11.3 Å². The van der Waals surface area contributed by atoms with Crippen molar-refractivity contribution in [1.82, 2.24) is 0 Å². The Labute approximate surface area is 129 Å². The van der Waals surface area contributed by atoms with Gasteiger partial charge in [0.25, 0.3) is 0 Å². The second-order valence-corrected chi connectivity index (χ2v) is 6.04. The van der Waals surface area contributed by atoms with E-state index in [0.717, 1.165) is 14.9 Å². The van der Waals surface area contributed by atoms with Crippen LogP contribution in [0.5, 0.6) is 0 Å². The van der Waals surface area contributed by atoms with E-state index in [1.807, 2.05) is 24.3 Å². The summed E-state index contributed by atoms with van der Waals surface area (Å²) >= 11 is 4.69. The van der Waals surface area contributed by atoms with Gasteiger partial charge in [-0.05, 0) is 37.1 Å². The highest BCUT2D eigenvalue weighted by atomic mass is 79.9. The van der Waals surface area contributed by atoms with E-state index >= 15 is 0 Å². The lowest BCUT2D eigenvalue weighted by atomic mass is 10.1. The summed E-state index contributed by atoms with van der Waals surface area (Å²) in [5.41, 5.74) is 2.16. The van der Waals surface area contributed by atoms with Crippen molar-refractivity contribution >= 4 is 33.2 Å². The third kappa shape index (κ3) is 2.77. The van der Waals surface area contributed by atoms with Crippen molar-refractivity contribution < 1.29 is 9.53 Å². The summed E-state index contributed by atoms with van der Waals surface area (Å²) < 4.78 is 6.00. The molecule has 20 heavy (non-hydrogen) atoms. The Morgan fingerprint density at radius 1 is 1.40 bits per heavy atom. The monoisotopic (exact) mass is 349 g/mol. The Morgan fingerprint density at radius 3 is 2.60 bits per heavy atom. The minimum atomic E-state index is -0.366. The van der Waals surface area contributed by atoms with Gasteiger partial charge in [-0.25, -0.2) is 4.79 Å². The van der Waals surface area contributed by atoms with Crippen LogP contribution >= 0.6 is 27.3 Å². The molecule has 0 aliphatic carbocycles. The van der Waals surface area contributed by atoms with Crippen molar-refractivity contribution in [3.8, 4) is 16.5 Å². The highest BCUT2D eigenvalue weighted by molar-refractivity contribution is 9.10. The van der Waals surface area contributed by atoms with Crippen LogP contribution in [-0.4, -0.2) is 12.6 Å². The third-order valence-corrected chi connectivity index (χ3v) is 4.68. The molecule has 0 saturated heterocycles. The van der Waals surface area contributed by atoms with Gasteiger partial charge in [0.2, 0.25) is 0 Å². The number of halogens is 1. The fourth-order valence-corrected chi connectivity index (χ4v) is 3.26. The molecule has 2 rings (SSSR count). The average Bonchev–Trinajstić information content (AvgIpc) is 2.77. The molecule has 0 radical (unpaired) electrons. The van der Waals surface area contributed by atoms with Crippen LogP contribution in [0.3, 0.4) is 0 Å². The number of nitrogens with zero attached hydrogens (tertiary/aromatic N) is 1. The van der Waals surface area contributed by atoms with Crippen LogP contribution in [0.25, 0.3) is 10.4 Å². The number of carbonyl (C=O) groups excluding carboxylic acids is 1. The molecule has 3 nitrogen and oxygen atoms in total. The Bertz CT molecular complexity index is 683. The van der Waals surface area contributed by atoms with E-state index in [4.69, 9.17) is 4.74 Å². The maximum absolute atomic E-state index is 11.9. The SMILES string of the molecule is CCOC(=O)c1sc(-c2ccc(Br)cc2)c(C#N)c1C. The molecule has 0 spiro atoms. The molecular formula is C15H12BrNO2S. The van der Waals surface area contributed by atoms with Gasteiger partial charge in [-0.15, -0.1) is 11.3 Å². The van der Waals surface area contributed by atoms with Gasteiger partial charge in [0.1, 0.15) is 10.9 Å². The summed E-state index contributed by atoms with van der Waals surface area (Å²) in [5.74, 6) is -0.366. The Kier molecular flexibility index (Phi) is 4.58. The number of thiophene rings is 1. The first-order valence-electron chi connectivity index (χ1n) is 6.05.